The average Bonchev–Trinajstić information content (AvgIpc) is 2.90. The van der Waals surface area contributed by atoms with E-state index in [4.69, 9.17) is 11.6 Å². The van der Waals surface area contributed by atoms with Crippen molar-refractivity contribution in [1.82, 2.24) is 4.98 Å². The second-order valence-electron chi connectivity index (χ2n) is 5.00. The number of carbonyl (C=O) groups excluding carboxylic acids is 1. The van der Waals surface area contributed by atoms with Crippen molar-refractivity contribution in [2.24, 2.45) is 0 Å². The third kappa shape index (κ3) is 3.71. The molecule has 24 heavy (non-hydrogen) atoms. The quantitative estimate of drug-likeness (QED) is 0.556. The summed E-state index contributed by atoms with van der Waals surface area (Å²) in [6.45, 7) is 0. The van der Waals surface area contributed by atoms with Crippen molar-refractivity contribution in [1.29, 1.82) is 0 Å². The molecule has 0 saturated carbocycles. The number of hydrogen-bond acceptors (Lipinski definition) is 5. The topological polar surface area (TPSA) is 76.1 Å². The Kier molecular flexibility index (Phi) is 4.82. The van der Waals surface area contributed by atoms with Gasteiger partial charge in [-0.05, 0) is 59.0 Å². The zero-order valence-electron chi connectivity index (χ0n) is 12.2. The molecule has 0 radical (unpaired) electrons. The molecule has 0 aliphatic heterocycles. The van der Waals surface area contributed by atoms with Crippen LogP contribution in [0.25, 0.3) is 10.2 Å². The third-order valence-corrected chi connectivity index (χ3v) is 6.78. The van der Waals surface area contributed by atoms with Crippen LogP contribution in [0.3, 0.4) is 0 Å². The molecule has 0 atom stereocenters. The first-order valence-corrected chi connectivity index (χ1v) is 10.8. The number of sulfone groups is 1. The van der Waals surface area contributed by atoms with Gasteiger partial charge in [0.25, 0.3) is 5.91 Å². The Morgan fingerprint density at radius 3 is 2.67 bits per heavy atom. The van der Waals surface area contributed by atoms with E-state index < -0.39 is 9.84 Å². The minimum absolute atomic E-state index is 0.226. The van der Waals surface area contributed by atoms with E-state index in [1.807, 2.05) is 0 Å². The van der Waals surface area contributed by atoms with Crippen LogP contribution in [0.2, 0.25) is 5.02 Å². The Morgan fingerprint density at radius 2 is 2.00 bits per heavy atom. The molecule has 0 spiro atoms. The fraction of sp³-hybridized carbons (Fsp3) is 0.0667. The van der Waals surface area contributed by atoms with Crippen molar-refractivity contribution >= 4 is 76.6 Å². The van der Waals surface area contributed by atoms with Crippen molar-refractivity contribution in [3.63, 3.8) is 0 Å². The molecule has 0 aliphatic carbocycles. The first kappa shape index (κ1) is 17.6. The SMILES string of the molecule is CS(=O)(=O)c1ccc2nc(NC(=O)c3ccc(Cl)c(I)c3)sc2c1. The van der Waals surface area contributed by atoms with E-state index in [-0.39, 0.29) is 10.8 Å². The number of halogens is 2. The molecule has 0 saturated heterocycles. The highest BCUT2D eigenvalue weighted by Crippen LogP contribution is 2.28. The summed E-state index contributed by atoms with van der Waals surface area (Å²) < 4.78 is 24.7. The predicted octanol–water partition coefficient (Wildman–Crippen LogP) is 4.21. The van der Waals surface area contributed by atoms with Gasteiger partial charge in [-0.3, -0.25) is 10.1 Å². The molecule has 0 fully saturated rings. The average molecular weight is 493 g/mol. The van der Waals surface area contributed by atoms with Gasteiger partial charge in [-0.2, -0.15) is 0 Å². The highest BCUT2D eigenvalue weighted by Gasteiger charge is 2.13. The van der Waals surface area contributed by atoms with Crippen LogP contribution in [0.4, 0.5) is 5.13 Å². The lowest BCUT2D eigenvalue weighted by atomic mass is 10.2. The fourth-order valence-corrected chi connectivity index (χ4v) is 4.25. The second-order valence-corrected chi connectivity index (χ2v) is 9.62. The van der Waals surface area contributed by atoms with Gasteiger partial charge >= 0.3 is 0 Å². The van der Waals surface area contributed by atoms with Gasteiger partial charge in [0, 0.05) is 15.4 Å². The molecule has 3 aromatic rings. The number of amides is 1. The number of carbonyl (C=O) groups is 1. The first-order chi connectivity index (χ1) is 11.2. The van der Waals surface area contributed by atoms with Crippen LogP contribution >= 0.6 is 45.5 Å². The lowest BCUT2D eigenvalue weighted by Crippen LogP contribution is -2.11. The van der Waals surface area contributed by atoms with Crippen LogP contribution in [-0.4, -0.2) is 25.6 Å². The number of fused-ring (bicyclic) bond motifs is 1. The second kappa shape index (κ2) is 6.58. The third-order valence-electron chi connectivity index (χ3n) is 3.19. The van der Waals surface area contributed by atoms with Gasteiger partial charge in [-0.15, -0.1) is 0 Å². The number of thiazole rings is 1. The maximum atomic E-state index is 12.3. The van der Waals surface area contributed by atoms with E-state index >= 15 is 0 Å². The normalized spacial score (nSPS) is 11.6. The summed E-state index contributed by atoms with van der Waals surface area (Å²) in [6, 6.07) is 9.67. The van der Waals surface area contributed by atoms with Gasteiger partial charge < -0.3 is 0 Å². The van der Waals surface area contributed by atoms with Gasteiger partial charge in [-0.1, -0.05) is 22.9 Å². The Hall–Kier alpha value is -1.23. The predicted molar refractivity (Wildman–Crippen MR) is 105 cm³/mol. The molecule has 1 heterocycles. The first-order valence-electron chi connectivity index (χ1n) is 6.61. The van der Waals surface area contributed by atoms with Crippen molar-refractivity contribution in [3.8, 4) is 0 Å². The molecule has 3 rings (SSSR count). The van der Waals surface area contributed by atoms with Crippen molar-refractivity contribution < 1.29 is 13.2 Å². The van der Waals surface area contributed by atoms with E-state index in [0.29, 0.717) is 25.9 Å². The summed E-state index contributed by atoms with van der Waals surface area (Å²) in [6.07, 6.45) is 1.15. The van der Waals surface area contributed by atoms with Crippen LogP contribution in [0.5, 0.6) is 0 Å². The number of rotatable bonds is 3. The van der Waals surface area contributed by atoms with Crippen LogP contribution in [0, 0.1) is 3.57 Å². The largest absolute Gasteiger partial charge is 0.298 e. The zero-order valence-corrected chi connectivity index (χ0v) is 16.8. The maximum Gasteiger partial charge on any atom is 0.257 e. The van der Waals surface area contributed by atoms with Crippen LogP contribution in [0.1, 0.15) is 10.4 Å². The number of anilines is 1. The lowest BCUT2D eigenvalue weighted by molar-refractivity contribution is 0.102. The Bertz CT molecular complexity index is 1060. The summed E-state index contributed by atoms with van der Waals surface area (Å²) in [5.74, 6) is -0.299. The molecule has 9 heteroatoms. The Morgan fingerprint density at radius 1 is 1.25 bits per heavy atom. The summed E-state index contributed by atoms with van der Waals surface area (Å²) in [5.41, 5.74) is 1.10. The van der Waals surface area contributed by atoms with E-state index in [0.717, 1.165) is 9.83 Å². The summed E-state index contributed by atoms with van der Waals surface area (Å²) in [7, 11) is -3.28. The highest BCUT2D eigenvalue weighted by molar-refractivity contribution is 14.1. The van der Waals surface area contributed by atoms with E-state index in [1.165, 1.54) is 17.4 Å². The van der Waals surface area contributed by atoms with Gasteiger partial charge in [0.2, 0.25) is 0 Å². The van der Waals surface area contributed by atoms with E-state index in [1.54, 1.807) is 30.3 Å². The number of aromatic nitrogens is 1. The lowest BCUT2D eigenvalue weighted by Gasteiger charge is -2.03. The summed E-state index contributed by atoms with van der Waals surface area (Å²) >= 11 is 9.23. The van der Waals surface area contributed by atoms with Gasteiger partial charge in [0.15, 0.2) is 15.0 Å². The van der Waals surface area contributed by atoms with E-state index in [2.05, 4.69) is 32.9 Å². The number of hydrogen-bond donors (Lipinski definition) is 1. The molecular formula is C15H10ClIN2O3S2. The molecule has 0 bridgehead atoms. The molecule has 0 unspecified atom stereocenters. The maximum absolute atomic E-state index is 12.3. The van der Waals surface area contributed by atoms with Crippen LogP contribution in [0.15, 0.2) is 41.3 Å². The molecule has 2 aromatic carbocycles. The molecule has 1 N–H and O–H groups in total. The molecule has 1 amide bonds. The molecule has 1 aromatic heterocycles. The number of nitrogens with one attached hydrogen (secondary N) is 1. The number of benzene rings is 2. The Labute approximate surface area is 161 Å². The van der Waals surface area contributed by atoms with Crippen molar-refractivity contribution in [2.45, 2.75) is 4.90 Å². The van der Waals surface area contributed by atoms with Gasteiger partial charge in [0.1, 0.15) is 0 Å². The highest BCUT2D eigenvalue weighted by atomic mass is 127. The van der Waals surface area contributed by atoms with Crippen LogP contribution < -0.4 is 5.32 Å². The minimum Gasteiger partial charge on any atom is -0.298 e. The number of nitrogens with zero attached hydrogens (tertiary/aromatic N) is 1. The standard InChI is InChI=1S/C15H10ClIN2O3S2/c1-24(21,22)9-3-5-12-13(7-9)23-15(18-12)19-14(20)8-2-4-10(16)11(17)6-8/h2-7H,1H3,(H,18,19,20). The fourth-order valence-electron chi connectivity index (χ4n) is 2.00. The van der Waals surface area contributed by atoms with Gasteiger partial charge in [0.05, 0.1) is 20.1 Å². The molecule has 5 nitrogen and oxygen atoms in total. The smallest absolute Gasteiger partial charge is 0.257 e. The molecule has 124 valence electrons. The molecular weight excluding hydrogens is 483 g/mol. The van der Waals surface area contributed by atoms with Crippen LogP contribution in [-0.2, 0) is 9.84 Å². The van der Waals surface area contributed by atoms with E-state index in [9.17, 15) is 13.2 Å². The van der Waals surface area contributed by atoms with Gasteiger partial charge in [-0.25, -0.2) is 13.4 Å². The minimum atomic E-state index is -3.28. The zero-order chi connectivity index (χ0) is 17.5. The van der Waals surface area contributed by atoms with Crippen molar-refractivity contribution in [3.05, 3.63) is 50.6 Å². The Balaban J connectivity index is 1.89. The monoisotopic (exact) mass is 492 g/mol. The molecule has 0 aliphatic rings. The summed E-state index contributed by atoms with van der Waals surface area (Å²) in [4.78, 5) is 16.8. The van der Waals surface area contributed by atoms with Crippen molar-refractivity contribution in [2.75, 3.05) is 11.6 Å². The summed E-state index contributed by atoms with van der Waals surface area (Å²) in [5, 5.41) is 3.72.